The molecule has 1 atom stereocenters. The van der Waals surface area contributed by atoms with Gasteiger partial charge >= 0.3 is 0 Å². The molecule has 1 saturated heterocycles. The Morgan fingerprint density at radius 1 is 1.39 bits per heavy atom. The first-order valence-corrected chi connectivity index (χ1v) is 11.1. The molecule has 1 aliphatic heterocycles. The molecule has 0 radical (unpaired) electrons. The zero-order chi connectivity index (χ0) is 22.4. The molecule has 3 aromatic heterocycles. The van der Waals surface area contributed by atoms with Crippen LogP contribution in [0.3, 0.4) is 0 Å². The molecule has 4 heterocycles. The second-order valence-corrected chi connectivity index (χ2v) is 9.59. The number of carbonyl (C=O) groups is 1. The first-order valence-electron chi connectivity index (χ1n) is 10.3. The third-order valence-electron chi connectivity index (χ3n) is 5.48. The Morgan fingerprint density at radius 2 is 2.13 bits per heavy atom. The van der Waals surface area contributed by atoms with Crippen molar-refractivity contribution in [3.63, 3.8) is 0 Å². The van der Waals surface area contributed by atoms with Gasteiger partial charge in [0.2, 0.25) is 0 Å². The average Bonchev–Trinajstić information content (AvgIpc) is 3.39. The molecule has 1 fully saturated rings. The molecular weight excluding hydrogens is 418 g/mol. The standard InChI is InChI=1S/C21H27N5O4S/c1-10(2)6-15-19-18(20(28)25(5)24-15)17(21(29)26-8-13(27)9-30-26)16(31-19)7-14-11(3)22-23-12(14)4/h10,13,27H,6-9H2,1-5H3,(H,22,23)/t13-/m0/s1. The lowest BCUT2D eigenvalue weighted by Gasteiger charge is -2.15. The third kappa shape index (κ3) is 3.90. The summed E-state index contributed by atoms with van der Waals surface area (Å²) in [6, 6.07) is 0. The predicted octanol–water partition coefficient (Wildman–Crippen LogP) is 1.87. The Labute approximate surface area is 183 Å². The molecule has 10 heteroatoms. The van der Waals surface area contributed by atoms with Crippen LogP contribution >= 0.6 is 11.3 Å². The summed E-state index contributed by atoms with van der Waals surface area (Å²) in [5.41, 5.74) is 3.61. The van der Waals surface area contributed by atoms with Gasteiger partial charge in [-0.1, -0.05) is 13.8 Å². The van der Waals surface area contributed by atoms with Crippen molar-refractivity contribution >= 4 is 27.3 Å². The smallest absolute Gasteiger partial charge is 0.279 e. The van der Waals surface area contributed by atoms with Crippen molar-refractivity contribution < 1.29 is 14.7 Å². The normalized spacial score (nSPS) is 16.7. The van der Waals surface area contributed by atoms with E-state index in [0.717, 1.165) is 37.3 Å². The van der Waals surface area contributed by atoms with Crippen LogP contribution in [0.5, 0.6) is 0 Å². The predicted molar refractivity (Wildman–Crippen MR) is 117 cm³/mol. The van der Waals surface area contributed by atoms with Crippen LogP contribution in [0, 0.1) is 19.8 Å². The molecule has 0 aromatic carbocycles. The summed E-state index contributed by atoms with van der Waals surface area (Å²) >= 11 is 1.44. The van der Waals surface area contributed by atoms with Crippen molar-refractivity contribution in [1.29, 1.82) is 0 Å². The van der Waals surface area contributed by atoms with Gasteiger partial charge in [0.05, 0.1) is 33.6 Å². The van der Waals surface area contributed by atoms with Gasteiger partial charge in [-0.25, -0.2) is 9.75 Å². The highest BCUT2D eigenvalue weighted by Crippen LogP contribution is 2.35. The molecule has 1 aliphatic rings. The fourth-order valence-electron chi connectivity index (χ4n) is 3.92. The Balaban J connectivity index is 1.95. The second kappa shape index (κ2) is 8.18. The highest BCUT2D eigenvalue weighted by molar-refractivity contribution is 7.19. The Hall–Kier alpha value is -2.56. The molecule has 31 heavy (non-hydrogen) atoms. The molecule has 0 aliphatic carbocycles. The molecule has 0 bridgehead atoms. The Kier molecular flexibility index (Phi) is 5.71. The highest BCUT2D eigenvalue weighted by atomic mass is 32.1. The van der Waals surface area contributed by atoms with Crippen LogP contribution < -0.4 is 5.56 Å². The first-order chi connectivity index (χ1) is 14.7. The maximum absolute atomic E-state index is 13.5. The average molecular weight is 446 g/mol. The van der Waals surface area contributed by atoms with E-state index in [0.29, 0.717) is 29.7 Å². The molecule has 166 valence electrons. The van der Waals surface area contributed by atoms with Gasteiger partial charge < -0.3 is 5.11 Å². The number of aliphatic hydroxyl groups excluding tert-OH is 1. The van der Waals surface area contributed by atoms with Gasteiger partial charge in [0.1, 0.15) is 12.7 Å². The van der Waals surface area contributed by atoms with Gasteiger partial charge in [0.25, 0.3) is 11.5 Å². The lowest BCUT2D eigenvalue weighted by molar-refractivity contribution is -0.0778. The van der Waals surface area contributed by atoms with Gasteiger partial charge in [-0.3, -0.25) is 19.5 Å². The van der Waals surface area contributed by atoms with Crippen molar-refractivity contribution in [2.45, 2.75) is 46.6 Å². The number of hydroxylamine groups is 2. The van der Waals surface area contributed by atoms with Crippen molar-refractivity contribution in [2.75, 3.05) is 13.2 Å². The van der Waals surface area contributed by atoms with Gasteiger partial charge in [-0.15, -0.1) is 11.3 Å². The lowest BCUT2D eigenvalue weighted by atomic mass is 10.0. The molecule has 1 amide bonds. The van der Waals surface area contributed by atoms with Gasteiger partial charge in [0, 0.05) is 29.6 Å². The molecule has 3 aromatic rings. The summed E-state index contributed by atoms with van der Waals surface area (Å²) in [7, 11) is 1.61. The molecule has 2 N–H and O–H groups in total. The number of fused-ring (bicyclic) bond motifs is 1. The van der Waals surface area contributed by atoms with Crippen LogP contribution in [0.1, 0.15) is 51.7 Å². The molecule has 4 rings (SSSR count). The van der Waals surface area contributed by atoms with Crippen molar-refractivity contribution in [3.05, 3.63) is 43.4 Å². The van der Waals surface area contributed by atoms with Crippen molar-refractivity contribution in [2.24, 2.45) is 13.0 Å². The number of aryl methyl sites for hydroxylation is 3. The summed E-state index contributed by atoms with van der Waals surface area (Å²) in [5, 5.41) is 23.1. The molecule has 0 saturated carbocycles. The minimum atomic E-state index is -0.739. The van der Waals surface area contributed by atoms with E-state index >= 15 is 0 Å². The number of β-amino-alcohol motifs (C(OH)–C–C–N with tert-alkyl or cyclic N) is 1. The monoisotopic (exact) mass is 445 g/mol. The number of amides is 1. The van der Waals surface area contributed by atoms with Crippen LogP contribution in [0.25, 0.3) is 10.1 Å². The van der Waals surface area contributed by atoms with Gasteiger partial charge in [-0.2, -0.15) is 10.2 Å². The second-order valence-electron chi connectivity index (χ2n) is 8.48. The number of rotatable bonds is 5. The highest BCUT2D eigenvalue weighted by Gasteiger charge is 2.33. The first kappa shape index (κ1) is 21.7. The lowest BCUT2D eigenvalue weighted by Crippen LogP contribution is -2.31. The summed E-state index contributed by atoms with van der Waals surface area (Å²) in [4.78, 5) is 32.8. The number of hydrogen-bond donors (Lipinski definition) is 2. The molecule has 0 spiro atoms. The summed E-state index contributed by atoms with van der Waals surface area (Å²) < 4.78 is 2.05. The number of aliphatic hydroxyl groups is 1. The van der Waals surface area contributed by atoms with Crippen molar-refractivity contribution in [3.8, 4) is 0 Å². The molecular formula is C21H27N5O4S. The number of hydrogen-bond acceptors (Lipinski definition) is 7. The third-order valence-corrected chi connectivity index (χ3v) is 6.72. The topological polar surface area (TPSA) is 113 Å². The van der Waals surface area contributed by atoms with E-state index in [1.807, 2.05) is 13.8 Å². The maximum atomic E-state index is 13.5. The van der Waals surface area contributed by atoms with Crippen LogP contribution in [-0.4, -0.2) is 55.3 Å². The van der Waals surface area contributed by atoms with Crippen LogP contribution in [0.15, 0.2) is 4.79 Å². The minimum absolute atomic E-state index is 0.0568. The van der Waals surface area contributed by atoms with E-state index in [2.05, 4.69) is 29.1 Å². The molecule has 9 nitrogen and oxygen atoms in total. The number of nitrogens with zero attached hydrogens (tertiary/aromatic N) is 4. The number of carbonyl (C=O) groups excluding carboxylic acids is 1. The SMILES string of the molecule is Cc1n[nH]c(C)c1Cc1sc2c(CC(C)C)nn(C)c(=O)c2c1C(=O)N1C[C@H](O)CO1. The number of aromatic amines is 1. The number of thiophene rings is 1. The zero-order valence-electron chi connectivity index (χ0n) is 18.4. The van der Waals surface area contributed by atoms with E-state index in [1.54, 1.807) is 7.05 Å². The summed E-state index contributed by atoms with van der Waals surface area (Å²) in [6.45, 7) is 8.17. The summed E-state index contributed by atoms with van der Waals surface area (Å²) in [6.07, 6.45) is 0.424. The number of H-pyrrole nitrogens is 1. The Morgan fingerprint density at radius 3 is 2.71 bits per heavy atom. The van der Waals surface area contributed by atoms with Crippen LogP contribution in [0.2, 0.25) is 0 Å². The largest absolute Gasteiger partial charge is 0.389 e. The van der Waals surface area contributed by atoms with Gasteiger partial charge in [0.15, 0.2) is 0 Å². The van der Waals surface area contributed by atoms with Crippen molar-refractivity contribution in [1.82, 2.24) is 25.0 Å². The van der Waals surface area contributed by atoms with E-state index < -0.39 is 12.0 Å². The summed E-state index contributed by atoms with van der Waals surface area (Å²) in [5.74, 6) is -0.0660. The fraction of sp³-hybridized carbons (Fsp3) is 0.524. The zero-order valence-corrected chi connectivity index (χ0v) is 19.2. The van der Waals surface area contributed by atoms with E-state index in [4.69, 9.17) is 4.84 Å². The minimum Gasteiger partial charge on any atom is -0.389 e. The molecule has 0 unspecified atom stereocenters. The van der Waals surface area contributed by atoms with Crippen LogP contribution in [0.4, 0.5) is 0 Å². The quantitative estimate of drug-likeness (QED) is 0.620. The van der Waals surface area contributed by atoms with Gasteiger partial charge in [-0.05, 0) is 26.2 Å². The number of nitrogens with one attached hydrogen (secondary N) is 1. The maximum Gasteiger partial charge on any atom is 0.279 e. The van der Waals surface area contributed by atoms with E-state index in [1.165, 1.54) is 16.0 Å². The fourth-order valence-corrected chi connectivity index (χ4v) is 5.21. The van der Waals surface area contributed by atoms with E-state index in [9.17, 15) is 14.7 Å². The van der Waals surface area contributed by atoms with E-state index in [-0.39, 0.29) is 18.7 Å². The van der Waals surface area contributed by atoms with Crippen LogP contribution in [-0.2, 0) is 24.7 Å². The Bertz CT molecular complexity index is 1190. The number of aromatic nitrogens is 4.